The predicted molar refractivity (Wildman–Crippen MR) is 168 cm³/mol. The summed E-state index contributed by atoms with van der Waals surface area (Å²) in [5.41, 5.74) is 6.09. The Bertz CT molecular complexity index is 1790. The standard InChI is InChI=1S/C37H31N3O4/c41-36(39-32(27-11-5-2-6-12-27)21-25-9-3-1-4-10-25)28-16-18-29(19-17-28)38-35-30-13-7-8-14-31(30)37(42)40(35)23-26-15-20-33-34(22-26)44-24-43-33/h1-20,22,32,35,38H,21,23-24H2,(H,39,41)/t32-,35+/m0/s1. The van der Waals surface area contributed by atoms with Crippen molar-refractivity contribution in [3.8, 4) is 11.5 Å². The predicted octanol–water partition coefficient (Wildman–Crippen LogP) is 6.90. The summed E-state index contributed by atoms with van der Waals surface area (Å²) in [5, 5.41) is 6.76. The number of hydrogen-bond donors (Lipinski definition) is 2. The average Bonchev–Trinajstić information content (AvgIpc) is 3.64. The largest absolute Gasteiger partial charge is 0.454 e. The van der Waals surface area contributed by atoms with Gasteiger partial charge in [0.15, 0.2) is 11.5 Å². The number of hydrogen-bond acceptors (Lipinski definition) is 5. The molecule has 0 saturated heterocycles. The fraction of sp³-hybridized carbons (Fsp3) is 0.135. The minimum atomic E-state index is -0.378. The SMILES string of the molecule is O=C(N[C@@H](Cc1ccccc1)c1ccccc1)c1ccc(N[C@H]2c3ccccc3C(=O)N2Cc2ccc3c(c2)OCO3)cc1. The van der Waals surface area contributed by atoms with Crippen molar-refractivity contribution in [2.75, 3.05) is 12.1 Å². The summed E-state index contributed by atoms with van der Waals surface area (Å²) in [7, 11) is 0. The van der Waals surface area contributed by atoms with Gasteiger partial charge in [-0.1, -0.05) is 84.9 Å². The van der Waals surface area contributed by atoms with Crippen LogP contribution in [0.4, 0.5) is 5.69 Å². The zero-order chi connectivity index (χ0) is 29.9. The number of benzene rings is 5. The Labute approximate surface area is 256 Å². The molecule has 5 aromatic rings. The van der Waals surface area contributed by atoms with Gasteiger partial charge in [0.05, 0.1) is 6.04 Å². The van der Waals surface area contributed by atoms with Gasteiger partial charge in [-0.3, -0.25) is 9.59 Å². The second-order valence-electron chi connectivity index (χ2n) is 11.0. The summed E-state index contributed by atoms with van der Waals surface area (Å²) in [4.78, 5) is 28.7. The van der Waals surface area contributed by atoms with Gasteiger partial charge >= 0.3 is 0 Å². The van der Waals surface area contributed by atoms with Crippen LogP contribution in [0.5, 0.6) is 11.5 Å². The Kier molecular flexibility index (Phi) is 7.42. The maximum atomic E-state index is 13.5. The normalized spacial score (nSPS) is 15.5. The molecule has 0 radical (unpaired) electrons. The highest BCUT2D eigenvalue weighted by molar-refractivity contribution is 5.99. The molecule has 0 unspecified atom stereocenters. The van der Waals surface area contributed by atoms with E-state index >= 15 is 0 Å². The highest BCUT2D eigenvalue weighted by Gasteiger charge is 2.36. The van der Waals surface area contributed by atoms with Crippen LogP contribution >= 0.6 is 0 Å². The van der Waals surface area contributed by atoms with E-state index in [0.29, 0.717) is 35.6 Å². The summed E-state index contributed by atoms with van der Waals surface area (Å²) in [5.74, 6) is 1.20. The van der Waals surface area contributed by atoms with E-state index in [-0.39, 0.29) is 30.8 Å². The van der Waals surface area contributed by atoms with Crippen molar-refractivity contribution in [3.05, 3.63) is 161 Å². The summed E-state index contributed by atoms with van der Waals surface area (Å²) in [6, 6.07) is 40.8. The number of carbonyl (C=O) groups excluding carboxylic acids is 2. The van der Waals surface area contributed by atoms with Crippen molar-refractivity contribution < 1.29 is 19.1 Å². The average molecular weight is 582 g/mol. The van der Waals surface area contributed by atoms with Crippen molar-refractivity contribution >= 4 is 17.5 Å². The van der Waals surface area contributed by atoms with Crippen molar-refractivity contribution in [1.82, 2.24) is 10.2 Å². The third kappa shape index (κ3) is 5.60. The van der Waals surface area contributed by atoms with E-state index in [0.717, 1.165) is 27.9 Å². The lowest BCUT2D eigenvalue weighted by Gasteiger charge is -2.27. The van der Waals surface area contributed by atoms with Gasteiger partial charge in [0.1, 0.15) is 6.17 Å². The molecule has 0 spiro atoms. The van der Waals surface area contributed by atoms with Gasteiger partial charge in [0.25, 0.3) is 11.8 Å². The molecule has 7 rings (SSSR count). The third-order valence-electron chi connectivity index (χ3n) is 8.09. The highest BCUT2D eigenvalue weighted by atomic mass is 16.7. The molecule has 2 N–H and O–H groups in total. The number of amides is 2. The number of rotatable bonds is 9. The molecule has 2 atom stereocenters. The van der Waals surface area contributed by atoms with E-state index in [1.165, 1.54) is 0 Å². The van der Waals surface area contributed by atoms with Gasteiger partial charge in [-0.2, -0.15) is 0 Å². The zero-order valence-electron chi connectivity index (χ0n) is 24.0. The van der Waals surface area contributed by atoms with Gasteiger partial charge in [0.2, 0.25) is 6.79 Å². The van der Waals surface area contributed by atoms with E-state index in [1.54, 1.807) is 0 Å². The molecule has 44 heavy (non-hydrogen) atoms. The first kappa shape index (κ1) is 27.3. The molecular formula is C37H31N3O4. The molecule has 0 fully saturated rings. The molecule has 0 saturated carbocycles. The van der Waals surface area contributed by atoms with Crippen molar-refractivity contribution in [1.29, 1.82) is 0 Å². The van der Waals surface area contributed by atoms with Crippen molar-refractivity contribution in [3.63, 3.8) is 0 Å². The lowest BCUT2D eigenvalue weighted by molar-refractivity contribution is 0.0728. The highest BCUT2D eigenvalue weighted by Crippen LogP contribution is 2.38. The van der Waals surface area contributed by atoms with Crippen LogP contribution in [0.3, 0.4) is 0 Å². The Morgan fingerprint density at radius 3 is 2.27 bits per heavy atom. The Morgan fingerprint density at radius 2 is 1.48 bits per heavy atom. The third-order valence-corrected chi connectivity index (χ3v) is 8.09. The molecular weight excluding hydrogens is 550 g/mol. The van der Waals surface area contributed by atoms with E-state index in [2.05, 4.69) is 22.8 Å². The summed E-state index contributed by atoms with van der Waals surface area (Å²) in [6.45, 7) is 0.593. The van der Waals surface area contributed by atoms with Crippen LogP contribution in [0.15, 0.2) is 127 Å². The van der Waals surface area contributed by atoms with Crippen molar-refractivity contribution in [2.24, 2.45) is 0 Å². The van der Waals surface area contributed by atoms with Crippen LogP contribution in [0.25, 0.3) is 0 Å². The van der Waals surface area contributed by atoms with E-state index < -0.39 is 0 Å². The molecule has 7 nitrogen and oxygen atoms in total. The number of nitrogens with zero attached hydrogens (tertiary/aromatic N) is 1. The van der Waals surface area contributed by atoms with E-state index in [9.17, 15) is 9.59 Å². The minimum Gasteiger partial charge on any atom is -0.454 e. The van der Waals surface area contributed by atoms with Gasteiger partial charge in [-0.15, -0.1) is 0 Å². The molecule has 0 aliphatic carbocycles. The monoisotopic (exact) mass is 581 g/mol. The van der Waals surface area contributed by atoms with E-state index in [1.807, 2.05) is 120 Å². The van der Waals surface area contributed by atoms with Gasteiger partial charge < -0.3 is 25.0 Å². The quantitative estimate of drug-likeness (QED) is 0.198. The molecule has 2 aliphatic rings. The topological polar surface area (TPSA) is 79.9 Å². The molecule has 7 heteroatoms. The lowest BCUT2D eigenvalue weighted by Crippen LogP contribution is -2.32. The molecule has 5 aromatic carbocycles. The number of nitrogens with one attached hydrogen (secondary N) is 2. The molecule has 0 bridgehead atoms. The maximum absolute atomic E-state index is 13.5. The number of carbonyl (C=O) groups is 2. The molecule has 2 heterocycles. The maximum Gasteiger partial charge on any atom is 0.256 e. The molecule has 218 valence electrons. The second-order valence-corrected chi connectivity index (χ2v) is 11.0. The fourth-order valence-electron chi connectivity index (χ4n) is 5.83. The van der Waals surface area contributed by atoms with Gasteiger partial charge in [-0.25, -0.2) is 0 Å². The fourth-order valence-corrected chi connectivity index (χ4v) is 5.83. The molecule has 2 amide bonds. The van der Waals surface area contributed by atoms with Crippen LogP contribution < -0.4 is 20.1 Å². The van der Waals surface area contributed by atoms with Crippen molar-refractivity contribution in [2.45, 2.75) is 25.2 Å². The summed E-state index contributed by atoms with van der Waals surface area (Å²) >= 11 is 0. The lowest BCUT2D eigenvalue weighted by atomic mass is 9.98. The van der Waals surface area contributed by atoms with Crippen LogP contribution in [0.1, 0.15) is 55.2 Å². The van der Waals surface area contributed by atoms with E-state index in [4.69, 9.17) is 9.47 Å². The Balaban J connectivity index is 1.09. The first-order valence-corrected chi connectivity index (χ1v) is 14.7. The van der Waals surface area contributed by atoms with Gasteiger partial charge in [0, 0.05) is 28.9 Å². The van der Waals surface area contributed by atoms with Crippen LogP contribution in [-0.2, 0) is 13.0 Å². The smallest absolute Gasteiger partial charge is 0.256 e. The Morgan fingerprint density at radius 1 is 0.773 bits per heavy atom. The number of ether oxygens (including phenoxy) is 2. The molecule has 0 aromatic heterocycles. The van der Waals surface area contributed by atoms with Gasteiger partial charge in [-0.05, 0) is 65.6 Å². The minimum absolute atomic E-state index is 0.0443. The zero-order valence-corrected chi connectivity index (χ0v) is 24.0. The number of fused-ring (bicyclic) bond motifs is 2. The second kappa shape index (κ2) is 12.0. The summed E-state index contributed by atoms with van der Waals surface area (Å²) in [6.07, 6.45) is 0.307. The number of anilines is 1. The van der Waals surface area contributed by atoms with Crippen LogP contribution in [0, 0.1) is 0 Å². The van der Waals surface area contributed by atoms with Crippen LogP contribution in [-0.4, -0.2) is 23.5 Å². The first-order valence-electron chi connectivity index (χ1n) is 14.7. The summed E-state index contributed by atoms with van der Waals surface area (Å²) < 4.78 is 11.0. The first-order chi connectivity index (χ1) is 21.6. The van der Waals surface area contributed by atoms with Crippen LogP contribution in [0.2, 0.25) is 0 Å². The Hall–Kier alpha value is -5.56. The molecule has 2 aliphatic heterocycles.